The van der Waals surface area contributed by atoms with Crippen molar-refractivity contribution < 1.29 is 13.2 Å². The summed E-state index contributed by atoms with van der Waals surface area (Å²) in [5.41, 5.74) is 5.24. The average molecular weight is 542 g/mol. The molecule has 6 nitrogen and oxygen atoms in total. The Kier molecular flexibility index (Phi) is 7.04. The third-order valence-electron chi connectivity index (χ3n) is 8.46. The number of fused-ring (bicyclic) bond motifs is 1. The highest BCUT2D eigenvalue weighted by atomic mass is 32.2. The molecule has 3 aromatic carbocycles. The number of aryl methyl sites for hydroxylation is 1. The Hall–Kier alpha value is -3.42. The summed E-state index contributed by atoms with van der Waals surface area (Å²) in [6.07, 6.45) is 4.78. The minimum atomic E-state index is -3.68. The lowest BCUT2D eigenvalue weighted by Crippen LogP contribution is -2.42. The number of sulfonamides is 1. The number of hydrogen-bond donors (Lipinski definition) is 2. The van der Waals surface area contributed by atoms with Gasteiger partial charge in [0.05, 0.1) is 10.9 Å². The normalized spacial score (nSPS) is 21.9. The first-order valence-electron chi connectivity index (χ1n) is 14.0. The topological polar surface area (TPSA) is 82.3 Å². The fourth-order valence-electron chi connectivity index (χ4n) is 6.33. The fourth-order valence-corrected chi connectivity index (χ4v) is 7.66. The van der Waals surface area contributed by atoms with Gasteiger partial charge in [0.25, 0.3) is 0 Å². The van der Waals surface area contributed by atoms with E-state index in [4.69, 9.17) is 0 Å². The molecular weight excluding hydrogens is 506 g/mol. The smallest absolute Gasteiger partial charge is 0.240 e. The number of hydrogen-bond acceptors (Lipinski definition) is 3. The standard InChI is InChI=1S/C32H35N3O3S/c1-22-8-5-6-11-28(22)30-20-25-15-18-27(21-29(25)33-30)39(37,38)34-26-16-13-24(14-17-26)32(36)35-19-7-12-31(35)23-9-3-2-4-10-23/h2-6,8-11,15,18,20-21,24,26,31,33-34H,7,12-14,16-17,19H2,1H3. The Balaban J connectivity index is 1.10. The van der Waals surface area contributed by atoms with E-state index in [1.165, 1.54) is 5.56 Å². The summed E-state index contributed by atoms with van der Waals surface area (Å²) in [5.74, 6) is 0.189. The maximum atomic E-state index is 13.4. The lowest BCUT2D eigenvalue weighted by molar-refractivity contribution is -0.137. The van der Waals surface area contributed by atoms with Crippen molar-refractivity contribution in [3.05, 3.63) is 90.0 Å². The van der Waals surface area contributed by atoms with Crippen molar-refractivity contribution >= 4 is 26.8 Å². The van der Waals surface area contributed by atoms with Crippen LogP contribution in [-0.4, -0.2) is 36.8 Å². The molecule has 0 spiro atoms. The SMILES string of the molecule is Cc1ccccc1-c1cc2ccc(S(=O)(=O)NC3CCC(C(=O)N4CCCC4c4ccccc4)CC3)cc2[nH]1. The molecule has 4 aromatic rings. The molecule has 1 atom stereocenters. The molecule has 2 aliphatic rings. The zero-order valence-corrected chi connectivity index (χ0v) is 23.1. The van der Waals surface area contributed by atoms with Gasteiger partial charge in [-0.15, -0.1) is 0 Å². The van der Waals surface area contributed by atoms with Crippen LogP contribution in [0.5, 0.6) is 0 Å². The van der Waals surface area contributed by atoms with Crippen molar-refractivity contribution in [1.82, 2.24) is 14.6 Å². The van der Waals surface area contributed by atoms with Gasteiger partial charge in [-0.3, -0.25) is 4.79 Å². The van der Waals surface area contributed by atoms with E-state index in [1.807, 2.05) is 36.4 Å². The zero-order chi connectivity index (χ0) is 27.0. The number of aromatic amines is 1. The van der Waals surface area contributed by atoms with Gasteiger partial charge in [-0.05, 0) is 74.8 Å². The summed E-state index contributed by atoms with van der Waals surface area (Å²) in [5, 5.41) is 0.974. The molecule has 39 heavy (non-hydrogen) atoms. The first-order valence-corrected chi connectivity index (χ1v) is 15.4. The second kappa shape index (κ2) is 10.6. The van der Waals surface area contributed by atoms with E-state index in [1.54, 1.807) is 12.1 Å². The number of H-pyrrole nitrogens is 1. The van der Waals surface area contributed by atoms with Crippen molar-refractivity contribution in [3.63, 3.8) is 0 Å². The molecule has 6 rings (SSSR count). The van der Waals surface area contributed by atoms with Crippen LogP contribution in [0.25, 0.3) is 22.2 Å². The first kappa shape index (κ1) is 25.8. The molecule has 2 heterocycles. The van der Waals surface area contributed by atoms with Crippen LogP contribution in [0.15, 0.2) is 83.8 Å². The van der Waals surface area contributed by atoms with Crippen molar-refractivity contribution in [1.29, 1.82) is 0 Å². The van der Waals surface area contributed by atoms with Crippen molar-refractivity contribution in [2.24, 2.45) is 5.92 Å². The summed E-state index contributed by atoms with van der Waals surface area (Å²) in [6, 6.07) is 25.7. The molecule has 1 unspecified atom stereocenters. The number of likely N-dealkylation sites (tertiary alicyclic amines) is 1. The van der Waals surface area contributed by atoms with E-state index in [0.29, 0.717) is 25.7 Å². The highest BCUT2D eigenvalue weighted by Crippen LogP contribution is 2.36. The third kappa shape index (κ3) is 5.25. The number of nitrogens with zero attached hydrogens (tertiary/aromatic N) is 1. The number of benzene rings is 3. The van der Waals surface area contributed by atoms with E-state index in [0.717, 1.165) is 47.1 Å². The lowest BCUT2D eigenvalue weighted by Gasteiger charge is -2.33. The Labute approximate surface area is 230 Å². The monoisotopic (exact) mass is 541 g/mol. The molecule has 1 saturated carbocycles. The number of nitrogens with one attached hydrogen (secondary N) is 2. The first-order chi connectivity index (χ1) is 18.9. The molecule has 1 aliphatic carbocycles. The predicted molar refractivity (Wildman–Crippen MR) is 155 cm³/mol. The minimum absolute atomic E-state index is 0.0369. The maximum absolute atomic E-state index is 13.4. The summed E-state index contributed by atoms with van der Waals surface area (Å²) >= 11 is 0. The summed E-state index contributed by atoms with van der Waals surface area (Å²) < 4.78 is 29.5. The second-order valence-electron chi connectivity index (χ2n) is 11.0. The molecule has 1 saturated heterocycles. The summed E-state index contributed by atoms with van der Waals surface area (Å²) in [4.78, 5) is 19.1. The van der Waals surface area contributed by atoms with Crippen LogP contribution in [0.4, 0.5) is 0 Å². The highest BCUT2D eigenvalue weighted by Gasteiger charge is 2.36. The molecular formula is C32H35N3O3S. The lowest BCUT2D eigenvalue weighted by atomic mass is 9.85. The van der Waals surface area contributed by atoms with Crippen LogP contribution in [0.2, 0.25) is 0 Å². The zero-order valence-electron chi connectivity index (χ0n) is 22.3. The van der Waals surface area contributed by atoms with Gasteiger partial charge in [-0.1, -0.05) is 60.7 Å². The number of carbonyl (C=O) groups is 1. The second-order valence-corrected chi connectivity index (χ2v) is 12.7. The van der Waals surface area contributed by atoms with Gasteiger partial charge in [0.1, 0.15) is 0 Å². The van der Waals surface area contributed by atoms with Gasteiger partial charge in [-0.25, -0.2) is 13.1 Å². The number of aromatic nitrogens is 1. The Morgan fingerprint density at radius 2 is 1.64 bits per heavy atom. The fraction of sp³-hybridized carbons (Fsp3) is 0.344. The summed E-state index contributed by atoms with van der Waals surface area (Å²) in [7, 11) is -3.68. The predicted octanol–water partition coefficient (Wildman–Crippen LogP) is 6.34. The maximum Gasteiger partial charge on any atom is 0.240 e. The molecule has 0 bridgehead atoms. The molecule has 7 heteroatoms. The van der Waals surface area contributed by atoms with Gasteiger partial charge in [0.15, 0.2) is 0 Å². The number of carbonyl (C=O) groups excluding carboxylic acids is 1. The van der Waals surface area contributed by atoms with Crippen LogP contribution < -0.4 is 4.72 Å². The van der Waals surface area contributed by atoms with Crippen molar-refractivity contribution in [2.75, 3.05) is 6.54 Å². The largest absolute Gasteiger partial charge is 0.354 e. The highest BCUT2D eigenvalue weighted by molar-refractivity contribution is 7.89. The van der Waals surface area contributed by atoms with Crippen LogP contribution >= 0.6 is 0 Å². The molecule has 1 amide bonds. The van der Waals surface area contributed by atoms with E-state index in [9.17, 15) is 13.2 Å². The minimum Gasteiger partial charge on any atom is -0.354 e. The van der Waals surface area contributed by atoms with E-state index in [2.05, 4.69) is 51.9 Å². The summed E-state index contributed by atoms with van der Waals surface area (Å²) in [6.45, 7) is 2.87. The van der Waals surface area contributed by atoms with Crippen LogP contribution in [-0.2, 0) is 14.8 Å². The number of rotatable bonds is 6. The molecule has 2 fully saturated rings. The average Bonchev–Trinajstić information content (AvgIpc) is 3.61. The molecule has 1 aromatic heterocycles. The molecule has 1 aliphatic heterocycles. The van der Waals surface area contributed by atoms with Crippen molar-refractivity contribution in [3.8, 4) is 11.3 Å². The van der Waals surface area contributed by atoms with Crippen LogP contribution in [0, 0.1) is 12.8 Å². The third-order valence-corrected chi connectivity index (χ3v) is 9.98. The molecule has 2 N–H and O–H groups in total. The van der Waals surface area contributed by atoms with Gasteiger partial charge < -0.3 is 9.88 Å². The Morgan fingerprint density at radius 3 is 2.41 bits per heavy atom. The van der Waals surface area contributed by atoms with Crippen LogP contribution in [0.3, 0.4) is 0 Å². The quantitative estimate of drug-likeness (QED) is 0.299. The molecule has 0 radical (unpaired) electrons. The Bertz CT molecular complexity index is 1590. The van der Waals surface area contributed by atoms with E-state index in [-0.39, 0.29) is 28.8 Å². The van der Waals surface area contributed by atoms with Gasteiger partial charge in [0, 0.05) is 40.7 Å². The number of amides is 1. The van der Waals surface area contributed by atoms with E-state index >= 15 is 0 Å². The van der Waals surface area contributed by atoms with Gasteiger partial charge >= 0.3 is 0 Å². The Morgan fingerprint density at radius 1 is 0.897 bits per heavy atom. The van der Waals surface area contributed by atoms with Crippen molar-refractivity contribution in [2.45, 2.75) is 62.4 Å². The van der Waals surface area contributed by atoms with Crippen LogP contribution in [0.1, 0.15) is 55.7 Å². The molecule has 202 valence electrons. The van der Waals surface area contributed by atoms with E-state index < -0.39 is 10.0 Å². The van der Waals surface area contributed by atoms with Gasteiger partial charge in [-0.2, -0.15) is 0 Å². The van der Waals surface area contributed by atoms with Gasteiger partial charge in [0.2, 0.25) is 15.9 Å².